The number of nitrogens with zero attached hydrogens (tertiary/aromatic N) is 3. The van der Waals surface area contributed by atoms with Crippen LogP contribution >= 0.6 is 0 Å². The van der Waals surface area contributed by atoms with Gasteiger partial charge in [0.25, 0.3) is 0 Å². The number of allylic oxidation sites excluding steroid dienone is 1. The zero-order valence-corrected chi connectivity index (χ0v) is 18.3. The summed E-state index contributed by atoms with van der Waals surface area (Å²) in [6, 6.07) is 9.61. The van der Waals surface area contributed by atoms with Gasteiger partial charge in [-0.1, -0.05) is 30.9 Å². The average Bonchev–Trinajstić information content (AvgIpc) is 2.83. The van der Waals surface area contributed by atoms with E-state index in [1.807, 2.05) is 30.3 Å². The molecule has 0 amide bonds. The molecule has 0 spiro atoms. The molecule has 3 heterocycles. The van der Waals surface area contributed by atoms with Crippen LogP contribution in [-0.2, 0) is 4.74 Å². The van der Waals surface area contributed by atoms with Crippen molar-refractivity contribution in [2.24, 2.45) is 11.8 Å². The van der Waals surface area contributed by atoms with Crippen molar-refractivity contribution in [2.75, 3.05) is 52.5 Å². The number of fused-ring (bicyclic) bond motifs is 1. The summed E-state index contributed by atoms with van der Waals surface area (Å²) in [5.74, 6) is 0.843. The van der Waals surface area contributed by atoms with Gasteiger partial charge in [-0.25, -0.2) is 0 Å². The molecule has 0 radical (unpaired) electrons. The number of carbonyl (C=O) groups is 1. The van der Waals surface area contributed by atoms with Crippen molar-refractivity contribution in [2.45, 2.75) is 12.8 Å². The van der Waals surface area contributed by atoms with Gasteiger partial charge in [-0.05, 0) is 48.9 Å². The molecule has 2 atom stereocenters. The van der Waals surface area contributed by atoms with E-state index in [2.05, 4.69) is 34.0 Å². The maximum Gasteiger partial charge on any atom is 0.189 e. The number of ether oxygens (including phenoxy) is 1. The number of aromatic nitrogens is 1. The Morgan fingerprint density at radius 3 is 2.71 bits per heavy atom. The van der Waals surface area contributed by atoms with Crippen LogP contribution in [0.15, 0.2) is 61.3 Å². The Balaban J connectivity index is 1.34. The molecule has 4 rings (SSSR count). The Morgan fingerprint density at radius 1 is 1.13 bits per heavy atom. The molecule has 2 unspecified atom stereocenters. The molecule has 1 aromatic carbocycles. The van der Waals surface area contributed by atoms with Crippen LogP contribution in [0.5, 0.6) is 0 Å². The maximum absolute atomic E-state index is 13.2. The van der Waals surface area contributed by atoms with Gasteiger partial charge < -0.3 is 9.64 Å². The molecule has 2 aromatic rings. The first-order valence-electron chi connectivity index (χ1n) is 11.4. The molecule has 164 valence electrons. The normalized spacial score (nSPS) is 23.0. The van der Waals surface area contributed by atoms with E-state index in [4.69, 9.17) is 4.74 Å². The first-order valence-corrected chi connectivity index (χ1v) is 11.4. The van der Waals surface area contributed by atoms with Crippen LogP contribution in [-0.4, -0.2) is 73.0 Å². The monoisotopic (exact) mass is 419 g/mol. The number of carbonyl (C=O) groups excluding carboxylic acids is 1. The van der Waals surface area contributed by atoms with Gasteiger partial charge in [-0.15, -0.1) is 6.58 Å². The second-order valence-electron chi connectivity index (χ2n) is 8.72. The third kappa shape index (κ3) is 5.29. The van der Waals surface area contributed by atoms with Crippen LogP contribution in [0.1, 0.15) is 23.2 Å². The van der Waals surface area contributed by atoms with Gasteiger partial charge in [0.1, 0.15) is 0 Å². The molecule has 31 heavy (non-hydrogen) atoms. The smallest absolute Gasteiger partial charge is 0.189 e. The van der Waals surface area contributed by atoms with Crippen molar-refractivity contribution < 1.29 is 9.53 Å². The van der Waals surface area contributed by atoms with E-state index in [-0.39, 0.29) is 5.78 Å². The highest BCUT2D eigenvalue weighted by atomic mass is 16.5. The summed E-state index contributed by atoms with van der Waals surface area (Å²) in [4.78, 5) is 22.6. The molecule has 5 heteroatoms. The number of piperidine rings is 1. The van der Waals surface area contributed by atoms with Crippen molar-refractivity contribution in [3.63, 3.8) is 0 Å². The lowest BCUT2D eigenvalue weighted by Crippen LogP contribution is -2.45. The first-order chi connectivity index (χ1) is 15.2. The zero-order chi connectivity index (χ0) is 21.6. The lowest BCUT2D eigenvalue weighted by atomic mass is 9.80. The molecular formula is C26H33N3O2. The highest BCUT2D eigenvalue weighted by molar-refractivity contribution is 6.15. The van der Waals surface area contributed by atoms with Crippen LogP contribution in [0.2, 0.25) is 0 Å². The maximum atomic E-state index is 13.2. The largest absolute Gasteiger partial charge is 0.379 e. The number of hydrogen-bond donors (Lipinski definition) is 0. The Morgan fingerprint density at radius 2 is 1.90 bits per heavy atom. The molecule has 2 saturated heterocycles. The lowest BCUT2D eigenvalue weighted by molar-refractivity contribution is 0.0297. The number of likely N-dealkylation sites (tertiary alicyclic amines) is 1. The van der Waals surface area contributed by atoms with Crippen LogP contribution in [0.3, 0.4) is 0 Å². The van der Waals surface area contributed by atoms with Gasteiger partial charge in [-0.3, -0.25) is 14.7 Å². The van der Waals surface area contributed by atoms with E-state index in [0.29, 0.717) is 23.0 Å². The highest BCUT2D eigenvalue weighted by Crippen LogP contribution is 2.31. The fourth-order valence-electron chi connectivity index (χ4n) is 4.83. The predicted molar refractivity (Wildman–Crippen MR) is 125 cm³/mol. The molecule has 0 saturated carbocycles. The Kier molecular flexibility index (Phi) is 7.28. The Labute approximate surface area is 185 Å². The minimum atomic E-state index is 0.0381. The van der Waals surface area contributed by atoms with Crippen LogP contribution < -0.4 is 0 Å². The lowest BCUT2D eigenvalue weighted by Gasteiger charge is -2.38. The molecule has 2 aliphatic heterocycles. The van der Waals surface area contributed by atoms with Gasteiger partial charge in [0, 0.05) is 49.9 Å². The van der Waals surface area contributed by atoms with Crippen molar-refractivity contribution in [1.29, 1.82) is 0 Å². The second kappa shape index (κ2) is 10.3. The van der Waals surface area contributed by atoms with E-state index in [0.717, 1.165) is 76.2 Å². The Bertz CT molecular complexity index is 930. The quantitative estimate of drug-likeness (QED) is 0.370. The van der Waals surface area contributed by atoms with Gasteiger partial charge in [0.15, 0.2) is 5.78 Å². The zero-order valence-electron chi connectivity index (χ0n) is 18.3. The molecule has 0 bridgehead atoms. The fraction of sp³-hybridized carbons (Fsp3) is 0.462. The summed E-state index contributed by atoms with van der Waals surface area (Å²) < 4.78 is 5.44. The first kappa shape index (κ1) is 21.9. The standard InChI is InChI=1S/C26H33N3O2/c1-3-21-19-29(13-12-28-14-16-31-17-15-28)11-9-22(21)18-20(2)26(30)24-8-10-27-25-7-5-4-6-23(24)25/h3-8,10,21-22H,1-2,9,11-19H2. The number of hydrogen-bond acceptors (Lipinski definition) is 5. The van der Waals surface area contributed by atoms with Crippen molar-refractivity contribution in [3.05, 3.63) is 66.9 Å². The van der Waals surface area contributed by atoms with Crippen molar-refractivity contribution in [3.8, 4) is 0 Å². The van der Waals surface area contributed by atoms with Gasteiger partial charge in [0.2, 0.25) is 0 Å². The summed E-state index contributed by atoms with van der Waals surface area (Å²) in [7, 11) is 0. The number of benzene rings is 1. The molecule has 2 aliphatic rings. The fourth-order valence-corrected chi connectivity index (χ4v) is 4.83. The van der Waals surface area contributed by atoms with Crippen LogP contribution in [0.25, 0.3) is 10.9 Å². The van der Waals surface area contributed by atoms with E-state index in [1.54, 1.807) is 6.20 Å². The molecule has 5 nitrogen and oxygen atoms in total. The van der Waals surface area contributed by atoms with Gasteiger partial charge >= 0.3 is 0 Å². The highest BCUT2D eigenvalue weighted by Gasteiger charge is 2.29. The summed E-state index contributed by atoms with van der Waals surface area (Å²) in [5, 5.41) is 0.898. The summed E-state index contributed by atoms with van der Waals surface area (Å²) in [6.45, 7) is 16.3. The predicted octanol–water partition coefficient (Wildman–Crippen LogP) is 3.82. The van der Waals surface area contributed by atoms with E-state index >= 15 is 0 Å². The third-order valence-electron chi connectivity index (χ3n) is 6.75. The molecule has 0 N–H and O–H groups in total. The third-order valence-corrected chi connectivity index (χ3v) is 6.75. The molecule has 1 aromatic heterocycles. The summed E-state index contributed by atoms with van der Waals surface area (Å²) in [6.07, 6.45) is 5.58. The van der Waals surface area contributed by atoms with E-state index in [9.17, 15) is 4.79 Å². The van der Waals surface area contributed by atoms with E-state index < -0.39 is 0 Å². The van der Waals surface area contributed by atoms with Crippen LogP contribution in [0, 0.1) is 11.8 Å². The number of morpholine rings is 1. The van der Waals surface area contributed by atoms with Gasteiger partial charge in [-0.2, -0.15) is 0 Å². The number of rotatable bonds is 8. The van der Waals surface area contributed by atoms with Gasteiger partial charge in [0.05, 0.1) is 18.7 Å². The SMILES string of the molecule is C=CC1CN(CCN2CCOCC2)CCC1CC(=C)C(=O)c1ccnc2ccccc12. The minimum Gasteiger partial charge on any atom is -0.379 e. The van der Waals surface area contributed by atoms with Crippen molar-refractivity contribution in [1.82, 2.24) is 14.8 Å². The number of para-hydroxylation sites is 1. The average molecular weight is 420 g/mol. The second-order valence-corrected chi connectivity index (χ2v) is 8.72. The number of Topliss-reactive ketones (excluding diaryl/α,β-unsaturated/α-hetero) is 1. The summed E-state index contributed by atoms with van der Waals surface area (Å²) in [5.41, 5.74) is 2.24. The molecular weight excluding hydrogens is 386 g/mol. The van der Waals surface area contributed by atoms with Crippen molar-refractivity contribution >= 4 is 16.7 Å². The Hall–Kier alpha value is -2.34. The topological polar surface area (TPSA) is 45.7 Å². The van der Waals surface area contributed by atoms with E-state index in [1.165, 1.54) is 0 Å². The summed E-state index contributed by atoms with van der Waals surface area (Å²) >= 11 is 0. The molecule has 2 fully saturated rings. The van der Waals surface area contributed by atoms with Crippen LogP contribution in [0.4, 0.5) is 0 Å². The molecule has 0 aliphatic carbocycles. The minimum absolute atomic E-state index is 0.0381. The number of ketones is 1. The number of pyridine rings is 1.